The summed E-state index contributed by atoms with van der Waals surface area (Å²) < 4.78 is 1.89. The second-order valence-electron chi connectivity index (χ2n) is 7.53. The third kappa shape index (κ3) is 3.99. The number of unbranched alkanes of at least 4 members (excludes halogenated alkanes) is 3. The fraction of sp³-hybridized carbons (Fsp3) is 0.292. The SMILES string of the molecule is CCCCCCNC(=O)c1c(N)n(Cc2ccccc2)c2nc3ccccc3nc12. The monoisotopic (exact) mass is 401 g/mol. The van der Waals surface area contributed by atoms with Crippen LogP contribution in [0, 0.1) is 0 Å². The van der Waals surface area contributed by atoms with Crippen LogP contribution in [0.15, 0.2) is 54.6 Å². The van der Waals surface area contributed by atoms with Gasteiger partial charge in [-0.05, 0) is 24.1 Å². The second kappa shape index (κ2) is 8.95. The Bertz CT molecular complexity index is 1170. The Balaban J connectivity index is 1.75. The van der Waals surface area contributed by atoms with Crippen molar-refractivity contribution in [2.24, 2.45) is 0 Å². The molecule has 2 aromatic heterocycles. The van der Waals surface area contributed by atoms with Crippen LogP contribution in [0.3, 0.4) is 0 Å². The van der Waals surface area contributed by atoms with Crippen molar-refractivity contribution in [1.82, 2.24) is 19.9 Å². The van der Waals surface area contributed by atoms with Gasteiger partial charge in [0, 0.05) is 6.54 Å². The molecule has 0 atom stereocenters. The highest BCUT2D eigenvalue weighted by Gasteiger charge is 2.23. The number of nitrogens with two attached hydrogens (primary N) is 1. The fourth-order valence-corrected chi connectivity index (χ4v) is 3.71. The molecule has 0 radical (unpaired) electrons. The van der Waals surface area contributed by atoms with Crippen molar-refractivity contribution in [3.8, 4) is 0 Å². The van der Waals surface area contributed by atoms with Gasteiger partial charge in [0.2, 0.25) is 0 Å². The van der Waals surface area contributed by atoms with E-state index in [2.05, 4.69) is 12.2 Å². The van der Waals surface area contributed by atoms with E-state index in [0.717, 1.165) is 35.9 Å². The standard InChI is InChI=1S/C24H27N5O/c1-2-3-4-10-15-26-24(30)20-21-23(28-19-14-9-8-13-18(19)27-21)29(22(20)25)16-17-11-6-5-7-12-17/h5-9,11-14H,2-4,10,15-16,25H2,1H3,(H,26,30). The van der Waals surface area contributed by atoms with Gasteiger partial charge in [-0.15, -0.1) is 0 Å². The van der Waals surface area contributed by atoms with Crippen molar-refractivity contribution in [3.63, 3.8) is 0 Å². The number of nitrogens with zero attached hydrogens (tertiary/aromatic N) is 3. The third-order valence-electron chi connectivity index (χ3n) is 5.32. The molecule has 0 bridgehead atoms. The van der Waals surface area contributed by atoms with Crippen LogP contribution in [0.4, 0.5) is 5.82 Å². The first-order chi connectivity index (χ1) is 14.7. The van der Waals surface area contributed by atoms with Crippen LogP contribution in [-0.4, -0.2) is 27.0 Å². The minimum atomic E-state index is -0.189. The summed E-state index contributed by atoms with van der Waals surface area (Å²) in [7, 11) is 0. The first-order valence-corrected chi connectivity index (χ1v) is 10.6. The summed E-state index contributed by atoms with van der Waals surface area (Å²) in [6.07, 6.45) is 4.39. The van der Waals surface area contributed by atoms with Crippen LogP contribution in [0.25, 0.3) is 22.2 Å². The number of anilines is 1. The zero-order valence-electron chi connectivity index (χ0n) is 17.3. The molecule has 0 unspecified atom stereocenters. The van der Waals surface area contributed by atoms with E-state index in [-0.39, 0.29) is 5.91 Å². The van der Waals surface area contributed by atoms with Crippen molar-refractivity contribution in [2.75, 3.05) is 12.3 Å². The molecule has 2 aromatic carbocycles. The number of nitrogens with one attached hydrogen (secondary N) is 1. The Labute approximate surface area is 176 Å². The van der Waals surface area contributed by atoms with Crippen molar-refractivity contribution < 1.29 is 4.79 Å². The van der Waals surface area contributed by atoms with Crippen LogP contribution in [0.2, 0.25) is 0 Å². The van der Waals surface area contributed by atoms with Gasteiger partial charge in [0.05, 0.1) is 17.6 Å². The number of rotatable bonds is 8. The van der Waals surface area contributed by atoms with Gasteiger partial charge < -0.3 is 15.6 Å². The van der Waals surface area contributed by atoms with Crippen LogP contribution in [0.5, 0.6) is 0 Å². The summed E-state index contributed by atoms with van der Waals surface area (Å²) in [4.78, 5) is 22.6. The second-order valence-corrected chi connectivity index (χ2v) is 7.53. The Morgan fingerprint density at radius 1 is 0.967 bits per heavy atom. The lowest BCUT2D eigenvalue weighted by Crippen LogP contribution is -2.25. The van der Waals surface area contributed by atoms with Crippen LogP contribution >= 0.6 is 0 Å². The number of para-hydroxylation sites is 2. The molecule has 4 rings (SSSR count). The van der Waals surface area contributed by atoms with Gasteiger partial charge in [0.15, 0.2) is 5.65 Å². The van der Waals surface area contributed by atoms with Crippen LogP contribution in [-0.2, 0) is 6.54 Å². The number of amides is 1. The first kappa shape index (κ1) is 19.9. The summed E-state index contributed by atoms with van der Waals surface area (Å²) >= 11 is 0. The first-order valence-electron chi connectivity index (χ1n) is 10.6. The molecule has 0 aliphatic heterocycles. The molecule has 3 N–H and O–H groups in total. The molecule has 0 spiro atoms. The lowest BCUT2D eigenvalue weighted by Gasteiger charge is -2.08. The number of hydrogen-bond donors (Lipinski definition) is 2. The van der Waals surface area contributed by atoms with E-state index in [9.17, 15) is 4.79 Å². The van der Waals surface area contributed by atoms with E-state index in [1.165, 1.54) is 6.42 Å². The molecule has 30 heavy (non-hydrogen) atoms. The maximum absolute atomic E-state index is 13.0. The molecule has 2 heterocycles. The van der Waals surface area contributed by atoms with Crippen molar-refractivity contribution in [3.05, 3.63) is 65.7 Å². The lowest BCUT2D eigenvalue weighted by atomic mass is 10.2. The maximum Gasteiger partial charge on any atom is 0.257 e. The van der Waals surface area contributed by atoms with Crippen molar-refractivity contribution in [1.29, 1.82) is 0 Å². The highest BCUT2D eigenvalue weighted by molar-refractivity contribution is 6.10. The van der Waals surface area contributed by atoms with Gasteiger partial charge in [-0.2, -0.15) is 0 Å². The molecule has 0 aliphatic carbocycles. The fourth-order valence-electron chi connectivity index (χ4n) is 3.71. The summed E-state index contributed by atoms with van der Waals surface area (Å²) in [6.45, 7) is 3.33. The summed E-state index contributed by atoms with van der Waals surface area (Å²) in [5.74, 6) is 0.209. The van der Waals surface area contributed by atoms with Crippen LogP contribution < -0.4 is 11.1 Å². The van der Waals surface area contributed by atoms with Gasteiger partial charge in [-0.3, -0.25) is 4.79 Å². The van der Waals surface area contributed by atoms with Gasteiger partial charge in [0.1, 0.15) is 16.9 Å². The number of aromatic nitrogens is 3. The van der Waals surface area contributed by atoms with Gasteiger partial charge in [-0.25, -0.2) is 9.97 Å². The largest absolute Gasteiger partial charge is 0.384 e. The van der Waals surface area contributed by atoms with E-state index in [1.807, 2.05) is 59.2 Å². The average Bonchev–Trinajstić information content (AvgIpc) is 3.03. The molecule has 154 valence electrons. The molecule has 6 nitrogen and oxygen atoms in total. The molecular weight excluding hydrogens is 374 g/mol. The molecular formula is C24H27N5O. The molecule has 0 saturated carbocycles. The van der Waals surface area contributed by atoms with E-state index in [4.69, 9.17) is 15.7 Å². The summed E-state index contributed by atoms with van der Waals surface area (Å²) in [5.41, 5.74) is 10.7. The van der Waals surface area contributed by atoms with Gasteiger partial charge in [-0.1, -0.05) is 68.7 Å². The van der Waals surface area contributed by atoms with E-state index >= 15 is 0 Å². The zero-order chi connectivity index (χ0) is 20.9. The summed E-state index contributed by atoms with van der Waals surface area (Å²) in [5, 5.41) is 3.02. The molecule has 6 heteroatoms. The predicted octanol–water partition coefficient (Wildman–Crippen LogP) is 4.53. The third-order valence-corrected chi connectivity index (χ3v) is 5.32. The van der Waals surface area contributed by atoms with E-state index in [0.29, 0.717) is 35.6 Å². The van der Waals surface area contributed by atoms with Crippen LogP contribution in [0.1, 0.15) is 48.5 Å². The molecule has 0 aliphatic rings. The number of nitrogen functional groups attached to an aromatic ring is 1. The smallest absolute Gasteiger partial charge is 0.257 e. The quantitative estimate of drug-likeness (QED) is 0.425. The molecule has 4 aromatic rings. The normalized spacial score (nSPS) is 11.2. The molecule has 1 amide bonds. The number of carbonyl (C=O) groups excluding carboxylic acids is 1. The Kier molecular flexibility index (Phi) is 5.93. The molecule has 0 saturated heterocycles. The van der Waals surface area contributed by atoms with Crippen molar-refractivity contribution >= 4 is 33.9 Å². The Hall–Kier alpha value is -3.41. The number of benzene rings is 2. The Morgan fingerprint density at radius 2 is 1.67 bits per heavy atom. The van der Waals surface area contributed by atoms with E-state index in [1.54, 1.807) is 0 Å². The Morgan fingerprint density at radius 3 is 2.40 bits per heavy atom. The minimum absolute atomic E-state index is 0.189. The summed E-state index contributed by atoms with van der Waals surface area (Å²) in [6, 6.07) is 17.7. The number of carbonyl (C=O) groups is 1. The lowest BCUT2D eigenvalue weighted by molar-refractivity contribution is 0.0955. The average molecular weight is 402 g/mol. The minimum Gasteiger partial charge on any atom is -0.384 e. The topological polar surface area (TPSA) is 85.8 Å². The predicted molar refractivity (Wildman–Crippen MR) is 121 cm³/mol. The number of hydrogen-bond acceptors (Lipinski definition) is 4. The van der Waals surface area contributed by atoms with Crippen molar-refractivity contribution in [2.45, 2.75) is 39.2 Å². The van der Waals surface area contributed by atoms with Gasteiger partial charge in [0.25, 0.3) is 5.91 Å². The highest BCUT2D eigenvalue weighted by Crippen LogP contribution is 2.28. The maximum atomic E-state index is 13.0. The van der Waals surface area contributed by atoms with Gasteiger partial charge >= 0.3 is 0 Å². The zero-order valence-corrected chi connectivity index (χ0v) is 17.3. The number of fused-ring (bicyclic) bond motifs is 2. The van der Waals surface area contributed by atoms with E-state index < -0.39 is 0 Å². The highest BCUT2D eigenvalue weighted by atomic mass is 16.1. The molecule has 0 fully saturated rings.